The predicted molar refractivity (Wildman–Crippen MR) is 116 cm³/mol. The number of hydrogen-bond acceptors (Lipinski definition) is 3. The Balaban J connectivity index is 1.66. The molecule has 1 saturated carbocycles. The summed E-state index contributed by atoms with van der Waals surface area (Å²) < 4.78 is 24.9. The number of esters is 1. The van der Waals surface area contributed by atoms with Crippen molar-refractivity contribution in [3.63, 3.8) is 0 Å². The molecule has 0 aliphatic heterocycles. The van der Waals surface area contributed by atoms with Gasteiger partial charge in [-0.3, -0.25) is 4.79 Å². The molecule has 4 heteroatoms. The lowest BCUT2D eigenvalue weighted by Gasteiger charge is -2.28. The molecule has 0 N–H and O–H groups in total. The molecule has 0 spiro atoms. The number of carbonyl (C=O) groups excluding carboxylic acids is 1. The highest BCUT2D eigenvalue weighted by Crippen LogP contribution is 2.34. The molecule has 1 aromatic carbocycles. The summed E-state index contributed by atoms with van der Waals surface area (Å²) >= 11 is 0. The first-order valence-corrected chi connectivity index (χ1v) is 11.7. The van der Waals surface area contributed by atoms with E-state index in [0.29, 0.717) is 18.9 Å². The maximum Gasteiger partial charge on any atom is 0.311 e. The third-order valence-electron chi connectivity index (χ3n) is 6.08. The van der Waals surface area contributed by atoms with Gasteiger partial charge in [0.25, 0.3) is 0 Å². The van der Waals surface area contributed by atoms with Crippen molar-refractivity contribution >= 4 is 5.97 Å². The van der Waals surface area contributed by atoms with Crippen LogP contribution in [-0.2, 0) is 4.79 Å². The summed E-state index contributed by atoms with van der Waals surface area (Å²) in [6.45, 7) is 4.87. The number of hydrogen-bond donors (Lipinski definition) is 0. The van der Waals surface area contributed by atoms with Crippen LogP contribution in [0.5, 0.6) is 11.5 Å². The van der Waals surface area contributed by atoms with Gasteiger partial charge >= 0.3 is 5.97 Å². The summed E-state index contributed by atoms with van der Waals surface area (Å²) in [6, 6.07) is 4.40. The predicted octanol–water partition coefficient (Wildman–Crippen LogP) is 7.47. The molecule has 0 saturated heterocycles. The van der Waals surface area contributed by atoms with Crippen LogP contribution >= 0.6 is 0 Å². The molecule has 0 bridgehead atoms. The van der Waals surface area contributed by atoms with Gasteiger partial charge in [0.2, 0.25) is 0 Å². The summed E-state index contributed by atoms with van der Waals surface area (Å²) in [5, 5.41) is 0. The number of ether oxygens (including phenoxy) is 2. The first kappa shape index (κ1) is 23.7. The third-order valence-corrected chi connectivity index (χ3v) is 6.08. The number of halogens is 1. The van der Waals surface area contributed by atoms with Gasteiger partial charge in [0.05, 0.1) is 6.61 Å². The molecule has 0 aromatic heterocycles. The number of benzene rings is 1. The summed E-state index contributed by atoms with van der Waals surface area (Å²) in [5.41, 5.74) is 0. The van der Waals surface area contributed by atoms with Crippen LogP contribution in [0.3, 0.4) is 0 Å². The lowest BCUT2D eigenvalue weighted by molar-refractivity contribution is -0.134. The van der Waals surface area contributed by atoms with Crippen LogP contribution in [0.4, 0.5) is 4.39 Å². The van der Waals surface area contributed by atoms with Gasteiger partial charge in [0, 0.05) is 12.5 Å². The lowest BCUT2D eigenvalue weighted by Crippen LogP contribution is -2.17. The molecular weight excluding hydrogens is 367 g/mol. The Kier molecular flexibility index (Phi) is 11.1. The van der Waals surface area contributed by atoms with Crippen molar-refractivity contribution in [2.75, 3.05) is 6.61 Å². The maximum atomic E-state index is 14.1. The quantitative estimate of drug-likeness (QED) is 0.194. The Morgan fingerprint density at radius 3 is 2.28 bits per heavy atom. The molecule has 29 heavy (non-hydrogen) atoms. The number of carbonyl (C=O) groups is 1. The fraction of sp³-hybridized carbons (Fsp3) is 0.720. The van der Waals surface area contributed by atoms with E-state index in [4.69, 9.17) is 9.47 Å². The smallest absolute Gasteiger partial charge is 0.311 e. The second kappa shape index (κ2) is 13.6. The van der Waals surface area contributed by atoms with E-state index in [0.717, 1.165) is 31.6 Å². The van der Waals surface area contributed by atoms with Crippen LogP contribution in [-0.4, -0.2) is 12.6 Å². The van der Waals surface area contributed by atoms with Crippen molar-refractivity contribution in [1.29, 1.82) is 0 Å². The van der Waals surface area contributed by atoms with Crippen LogP contribution in [0.2, 0.25) is 0 Å². The van der Waals surface area contributed by atoms with E-state index in [-0.39, 0.29) is 17.5 Å². The van der Waals surface area contributed by atoms with E-state index >= 15 is 0 Å². The van der Waals surface area contributed by atoms with Gasteiger partial charge in [0.1, 0.15) is 5.75 Å². The molecule has 2 rings (SSSR count). The van der Waals surface area contributed by atoms with E-state index in [9.17, 15) is 9.18 Å². The second-order valence-electron chi connectivity index (χ2n) is 8.54. The fourth-order valence-electron chi connectivity index (χ4n) is 4.19. The van der Waals surface area contributed by atoms with Crippen LogP contribution in [0.15, 0.2) is 18.2 Å². The molecule has 1 aliphatic carbocycles. The van der Waals surface area contributed by atoms with Gasteiger partial charge in [-0.15, -0.1) is 0 Å². The van der Waals surface area contributed by atoms with Crippen molar-refractivity contribution in [3.8, 4) is 11.5 Å². The Morgan fingerprint density at radius 2 is 1.62 bits per heavy atom. The first-order chi connectivity index (χ1) is 14.1. The minimum absolute atomic E-state index is 0.219. The summed E-state index contributed by atoms with van der Waals surface area (Å²) in [4.78, 5) is 12.2. The second-order valence-corrected chi connectivity index (χ2v) is 8.54. The molecule has 1 aliphatic rings. The highest BCUT2D eigenvalue weighted by Gasteiger charge is 2.21. The molecular formula is C25H39FO3. The van der Waals surface area contributed by atoms with Gasteiger partial charge in [-0.25, -0.2) is 4.39 Å². The minimum Gasteiger partial charge on any atom is -0.491 e. The molecule has 0 atom stereocenters. The number of unbranched alkanes of at least 4 members (excludes halogenated alkanes) is 4. The third kappa shape index (κ3) is 9.18. The van der Waals surface area contributed by atoms with Gasteiger partial charge in [-0.05, 0) is 36.8 Å². The molecule has 164 valence electrons. The zero-order valence-corrected chi connectivity index (χ0v) is 18.4. The van der Waals surface area contributed by atoms with Crippen molar-refractivity contribution in [3.05, 3.63) is 24.0 Å². The van der Waals surface area contributed by atoms with Gasteiger partial charge in [0.15, 0.2) is 11.6 Å². The SMILES string of the molecule is CCCCCOc1ccc(OC(=O)CC[C@H]2CC[C@H](CCCCC)CC2)cc1F. The monoisotopic (exact) mass is 406 g/mol. The van der Waals surface area contributed by atoms with Crippen LogP contribution in [0.25, 0.3) is 0 Å². The highest BCUT2D eigenvalue weighted by molar-refractivity contribution is 5.72. The molecule has 3 nitrogen and oxygen atoms in total. The van der Waals surface area contributed by atoms with Gasteiger partial charge in [-0.2, -0.15) is 0 Å². The highest BCUT2D eigenvalue weighted by atomic mass is 19.1. The molecule has 1 fully saturated rings. The van der Waals surface area contributed by atoms with Crippen LogP contribution in [0, 0.1) is 17.7 Å². The molecule has 1 aromatic rings. The Morgan fingerprint density at radius 1 is 0.966 bits per heavy atom. The Labute approximate surface area is 176 Å². The van der Waals surface area contributed by atoms with E-state index < -0.39 is 5.82 Å². The molecule has 0 unspecified atom stereocenters. The summed E-state index contributed by atoms with van der Waals surface area (Å²) in [5.74, 6) is 1.24. The van der Waals surface area contributed by atoms with E-state index in [1.54, 1.807) is 12.1 Å². The lowest BCUT2D eigenvalue weighted by atomic mass is 9.78. The maximum absolute atomic E-state index is 14.1. The van der Waals surface area contributed by atoms with E-state index in [1.807, 2.05) is 0 Å². The summed E-state index contributed by atoms with van der Waals surface area (Å²) in [7, 11) is 0. The largest absolute Gasteiger partial charge is 0.491 e. The average molecular weight is 407 g/mol. The molecule has 0 radical (unpaired) electrons. The van der Waals surface area contributed by atoms with Crippen molar-refractivity contribution in [1.82, 2.24) is 0 Å². The van der Waals surface area contributed by atoms with Crippen molar-refractivity contribution in [2.24, 2.45) is 11.8 Å². The summed E-state index contributed by atoms with van der Waals surface area (Å²) in [6.07, 6.45) is 14.8. The zero-order valence-electron chi connectivity index (χ0n) is 18.4. The Hall–Kier alpha value is -1.58. The van der Waals surface area contributed by atoms with E-state index in [2.05, 4.69) is 13.8 Å². The number of rotatable bonds is 13. The van der Waals surface area contributed by atoms with Gasteiger partial charge in [-0.1, -0.05) is 78.1 Å². The minimum atomic E-state index is -0.479. The van der Waals surface area contributed by atoms with E-state index in [1.165, 1.54) is 57.4 Å². The molecule has 0 amide bonds. The first-order valence-electron chi connectivity index (χ1n) is 11.7. The van der Waals surface area contributed by atoms with Crippen LogP contribution < -0.4 is 9.47 Å². The van der Waals surface area contributed by atoms with Crippen molar-refractivity contribution < 1.29 is 18.7 Å². The fourth-order valence-corrected chi connectivity index (χ4v) is 4.19. The topological polar surface area (TPSA) is 35.5 Å². The normalized spacial score (nSPS) is 19.1. The molecule has 0 heterocycles. The van der Waals surface area contributed by atoms with Crippen molar-refractivity contribution in [2.45, 2.75) is 97.3 Å². The van der Waals surface area contributed by atoms with Crippen LogP contribution in [0.1, 0.15) is 97.3 Å². The Bertz CT molecular complexity index is 594. The average Bonchev–Trinajstić information content (AvgIpc) is 2.72. The zero-order chi connectivity index (χ0) is 20.9. The standard InChI is InChI=1S/C25H39FO3/c1-3-5-7-9-20-10-12-21(13-11-20)14-17-25(27)29-22-15-16-24(23(26)19-22)28-18-8-6-4-2/h15-16,19-21H,3-14,17-18H2,1-2H3/t20-,21-. The van der Waals surface area contributed by atoms with Gasteiger partial charge < -0.3 is 9.47 Å².